The van der Waals surface area contributed by atoms with Crippen molar-refractivity contribution in [2.75, 3.05) is 13.1 Å². The zero-order valence-electron chi connectivity index (χ0n) is 14.3. The Morgan fingerprint density at radius 2 is 1.92 bits per heavy atom. The van der Waals surface area contributed by atoms with Gasteiger partial charge in [0.2, 0.25) is 5.91 Å². The number of likely N-dealkylation sites (tertiary alicyclic amines) is 1. The molecule has 1 saturated carbocycles. The van der Waals surface area contributed by atoms with Gasteiger partial charge < -0.3 is 5.32 Å². The van der Waals surface area contributed by atoms with Crippen molar-refractivity contribution >= 4 is 5.91 Å². The van der Waals surface area contributed by atoms with Crippen LogP contribution in [0.4, 0.5) is 0 Å². The fourth-order valence-corrected chi connectivity index (χ4v) is 3.54. The Hall–Kier alpha value is -2.14. The van der Waals surface area contributed by atoms with Gasteiger partial charge in [0.05, 0.1) is 11.7 Å². The summed E-state index contributed by atoms with van der Waals surface area (Å²) in [5, 5.41) is 7.76. The van der Waals surface area contributed by atoms with Crippen LogP contribution in [0, 0.1) is 13.8 Å². The van der Waals surface area contributed by atoms with E-state index in [2.05, 4.69) is 33.0 Å². The standard InChI is InChI=1S/C19H24N4O/c1-13-10-14(2)23(21-13)17-11-22(12-17)18(15-6-4-3-5-7-15)19(24)20-16-8-9-16/h3-7,10,16-18H,8-9,11-12H2,1-2H3,(H,20,24). The summed E-state index contributed by atoms with van der Waals surface area (Å²) < 4.78 is 2.10. The first-order valence-corrected chi connectivity index (χ1v) is 8.74. The predicted molar refractivity (Wildman–Crippen MR) is 92.7 cm³/mol. The number of benzene rings is 1. The van der Waals surface area contributed by atoms with Crippen LogP contribution in [0.2, 0.25) is 0 Å². The molecule has 1 aromatic heterocycles. The molecule has 1 aliphatic heterocycles. The summed E-state index contributed by atoms with van der Waals surface area (Å²) in [6.45, 7) is 5.84. The van der Waals surface area contributed by atoms with Gasteiger partial charge in [0.1, 0.15) is 6.04 Å². The van der Waals surface area contributed by atoms with Crippen molar-refractivity contribution in [2.45, 2.75) is 44.8 Å². The lowest BCUT2D eigenvalue weighted by atomic mass is 9.98. The highest BCUT2D eigenvalue weighted by Crippen LogP contribution is 2.33. The first-order chi connectivity index (χ1) is 11.6. The summed E-state index contributed by atoms with van der Waals surface area (Å²) in [5.41, 5.74) is 3.32. The molecule has 1 saturated heterocycles. The topological polar surface area (TPSA) is 50.2 Å². The maximum Gasteiger partial charge on any atom is 0.242 e. The quantitative estimate of drug-likeness (QED) is 0.919. The minimum atomic E-state index is -0.194. The largest absolute Gasteiger partial charge is 0.352 e. The molecule has 0 radical (unpaired) electrons. The van der Waals surface area contributed by atoms with Crippen LogP contribution < -0.4 is 5.32 Å². The molecule has 4 rings (SSSR count). The van der Waals surface area contributed by atoms with Crippen molar-refractivity contribution in [1.29, 1.82) is 0 Å². The van der Waals surface area contributed by atoms with E-state index in [1.54, 1.807) is 0 Å². The molecule has 5 heteroatoms. The summed E-state index contributed by atoms with van der Waals surface area (Å²) >= 11 is 0. The van der Waals surface area contributed by atoms with Crippen LogP contribution in [0.15, 0.2) is 36.4 Å². The summed E-state index contributed by atoms with van der Waals surface area (Å²) in [6, 6.07) is 12.8. The number of rotatable bonds is 5. The second-order valence-corrected chi connectivity index (χ2v) is 7.08. The van der Waals surface area contributed by atoms with Gasteiger partial charge in [-0.05, 0) is 38.3 Å². The van der Waals surface area contributed by atoms with E-state index in [4.69, 9.17) is 0 Å². The van der Waals surface area contributed by atoms with Gasteiger partial charge in [-0.2, -0.15) is 5.10 Å². The third-order valence-corrected chi connectivity index (χ3v) is 4.93. The Bertz CT molecular complexity index is 729. The molecule has 126 valence electrons. The molecule has 24 heavy (non-hydrogen) atoms. The van der Waals surface area contributed by atoms with E-state index in [9.17, 15) is 4.79 Å². The van der Waals surface area contributed by atoms with Gasteiger partial charge >= 0.3 is 0 Å². The molecule has 2 heterocycles. The van der Waals surface area contributed by atoms with Crippen LogP contribution in [0.1, 0.15) is 41.9 Å². The lowest BCUT2D eigenvalue weighted by molar-refractivity contribution is -0.129. The Kier molecular flexibility index (Phi) is 3.88. The summed E-state index contributed by atoms with van der Waals surface area (Å²) in [7, 11) is 0. The number of carbonyl (C=O) groups is 1. The van der Waals surface area contributed by atoms with Crippen LogP contribution >= 0.6 is 0 Å². The average molecular weight is 324 g/mol. The first-order valence-electron chi connectivity index (χ1n) is 8.74. The van der Waals surface area contributed by atoms with E-state index in [0.717, 1.165) is 37.2 Å². The number of nitrogens with zero attached hydrogens (tertiary/aromatic N) is 3. The number of aromatic nitrogens is 2. The van der Waals surface area contributed by atoms with Crippen LogP contribution in [0.25, 0.3) is 0 Å². The van der Waals surface area contributed by atoms with E-state index in [0.29, 0.717) is 12.1 Å². The molecule has 0 spiro atoms. The van der Waals surface area contributed by atoms with Crippen LogP contribution in [-0.2, 0) is 4.79 Å². The lowest BCUT2D eigenvalue weighted by Crippen LogP contribution is -2.53. The number of carbonyl (C=O) groups excluding carboxylic acids is 1. The first kappa shape index (κ1) is 15.4. The Labute approximate surface area is 142 Å². The van der Waals surface area contributed by atoms with E-state index in [1.165, 1.54) is 5.69 Å². The number of nitrogens with one attached hydrogen (secondary N) is 1. The molecule has 0 bridgehead atoms. The molecule has 2 aliphatic rings. The third kappa shape index (κ3) is 2.96. The Morgan fingerprint density at radius 3 is 2.50 bits per heavy atom. The number of amides is 1. The van der Waals surface area contributed by atoms with Gasteiger partial charge in [-0.25, -0.2) is 0 Å². The van der Waals surface area contributed by atoms with Crippen LogP contribution in [0.5, 0.6) is 0 Å². The molecule has 5 nitrogen and oxygen atoms in total. The zero-order chi connectivity index (χ0) is 16.7. The van der Waals surface area contributed by atoms with Gasteiger partial charge in [0.15, 0.2) is 0 Å². The van der Waals surface area contributed by atoms with Crippen molar-refractivity contribution in [3.05, 3.63) is 53.3 Å². The number of hydrogen-bond acceptors (Lipinski definition) is 3. The van der Waals surface area contributed by atoms with Crippen LogP contribution in [0.3, 0.4) is 0 Å². The lowest BCUT2D eigenvalue weighted by Gasteiger charge is -2.44. The molecule has 1 aromatic carbocycles. The summed E-state index contributed by atoms with van der Waals surface area (Å²) in [4.78, 5) is 15.0. The highest BCUT2D eigenvalue weighted by molar-refractivity contribution is 5.83. The van der Waals surface area contributed by atoms with Gasteiger partial charge in [-0.3, -0.25) is 14.4 Å². The maximum atomic E-state index is 12.8. The second kappa shape index (κ2) is 6.06. The predicted octanol–water partition coefficient (Wildman–Crippen LogP) is 2.38. The molecular weight excluding hydrogens is 300 g/mol. The highest BCUT2D eigenvalue weighted by atomic mass is 16.2. The van der Waals surface area contributed by atoms with Gasteiger partial charge in [0, 0.05) is 24.8 Å². The van der Waals surface area contributed by atoms with Gasteiger partial charge in [-0.15, -0.1) is 0 Å². The summed E-state index contributed by atoms with van der Waals surface area (Å²) in [5.74, 6) is 0.135. The number of aryl methyl sites for hydroxylation is 2. The molecule has 2 aromatic rings. The molecule has 1 unspecified atom stereocenters. The highest BCUT2D eigenvalue weighted by Gasteiger charge is 2.39. The normalized spacial score (nSPS) is 19.8. The third-order valence-electron chi connectivity index (χ3n) is 4.93. The maximum absolute atomic E-state index is 12.8. The van der Waals surface area contributed by atoms with Crippen LogP contribution in [-0.4, -0.2) is 39.7 Å². The SMILES string of the molecule is Cc1cc(C)n(C2CN(C(C(=O)NC3CC3)c3ccccc3)C2)n1. The monoisotopic (exact) mass is 324 g/mol. The fourth-order valence-electron chi connectivity index (χ4n) is 3.54. The smallest absolute Gasteiger partial charge is 0.242 e. The second-order valence-electron chi connectivity index (χ2n) is 7.08. The van der Waals surface area contributed by atoms with E-state index >= 15 is 0 Å². The molecule has 1 aliphatic carbocycles. The van der Waals surface area contributed by atoms with Gasteiger partial charge in [0.25, 0.3) is 0 Å². The number of hydrogen-bond donors (Lipinski definition) is 1. The van der Waals surface area contributed by atoms with E-state index < -0.39 is 0 Å². The summed E-state index contributed by atoms with van der Waals surface area (Å²) in [6.07, 6.45) is 2.23. The minimum absolute atomic E-state index is 0.135. The molecule has 1 atom stereocenters. The van der Waals surface area contributed by atoms with Crippen molar-refractivity contribution in [2.24, 2.45) is 0 Å². The van der Waals surface area contributed by atoms with Crippen molar-refractivity contribution in [3.8, 4) is 0 Å². The van der Waals surface area contributed by atoms with Gasteiger partial charge in [-0.1, -0.05) is 30.3 Å². The van der Waals surface area contributed by atoms with E-state index in [-0.39, 0.29) is 11.9 Å². The van der Waals surface area contributed by atoms with Crippen molar-refractivity contribution < 1.29 is 4.79 Å². The fraction of sp³-hybridized carbons (Fsp3) is 0.474. The molecule has 1 N–H and O–H groups in total. The Morgan fingerprint density at radius 1 is 1.21 bits per heavy atom. The average Bonchev–Trinajstić information content (AvgIpc) is 3.27. The van der Waals surface area contributed by atoms with E-state index in [1.807, 2.05) is 37.3 Å². The minimum Gasteiger partial charge on any atom is -0.352 e. The Balaban J connectivity index is 1.50. The van der Waals surface area contributed by atoms with Crippen molar-refractivity contribution in [1.82, 2.24) is 20.0 Å². The molecule has 1 amide bonds. The zero-order valence-corrected chi connectivity index (χ0v) is 14.3. The molecular formula is C19H24N4O. The molecule has 2 fully saturated rings. The van der Waals surface area contributed by atoms with Crippen molar-refractivity contribution in [3.63, 3.8) is 0 Å².